The van der Waals surface area contributed by atoms with Crippen molar-refractivity contribution in [2.75, 3.05) is 24.5 Å². The number of para-hydroxylation sites is 2. The van der Waals surface area contributed by atoms with Gasteiger partial charge in [0, 0.05) is 25.6 Å². The van der Waals surface area contributed by atoms with E-state index >= 15 is 0 Å². The number of hydrogen-bond donors (Lipinski definition) is 1. The van der Waals surface area contributed by atoms with E-state index in [1.165, 1.54) is 4.31 Å². The first-order valence-electron chi connectivity index (χ1n) is 13.2. The maximum Gasteiger partial charge on any atom is 0.263 e. The monoisotopic (exact) mass is 547 g/mol. The van der Waals surface area contributed by atoms with Crippen molar-refractivity contribution in [3.05, 3.63) is 89.5 Å². The zero-order chi connectivity index (χ0) is 27.6. The lowest BCUT2D eigenvalue weighted by atomic mass is 9.95. The highest BCUT2D eigenvalue weighted by Gasteiger charge is 2.39. The lowest BCUT2D eigenvalue weighted by Crippen LogP contribution is -2.53. The smallest absolute Gasteiger partial charge is 0.263 e. The van der Waals surface area contributed by atoms with Crippen LogP contribution in [0.4, 0.5) is 5.69 Å². The Labute approximate surface area is 229 Å². The second-order valence-electron chi connectivity index (χ2n) is 10.2. The molecule has 0 bridgehead atoms. The van der Waals surface area contributed by atoms with Crippen LogP contribution in [0.25, 0.3) is 0 Å². The second kappa shape index (κ2) is 11.2. The predicted octanol–water partition coefficient (Wildman–Crippen LogP) is 3.81. The molecule has 1 fully saturated rings. The summed E-state index contributed by atoms with van der Waals surface area (Å²) in [7, 11) is -3.65. The van der Waals surface area contributed by atoms with Crippen molar-refractivity contribution in [2.45, 2.75) is 44.2 Å². The summed E-state index contributed by atoms with van der Waals surface area (Å²) in [5.74, 6) is -0.280. The largest absolute Gasteiger partial charge is 0.477 e. The van der Waals surface area contributed by atoms with Crippen LogP contribution in [-0.4, -0.2) is 50.3 Å². The molecule has 0 aliphatic carbocycles. The van der Waals surface area contributed by atoms with Crippen LogP contribution in [0.3, 0.4) is 0 Å². The van der Waals surface area contributed by atoms with Crippen molar-refractivity contribution in [3.8, 4) is 5.75 Å². The number of benzene rings is 3. The molecule has 0 spiro atoms. The number of carbonyl (C=O) groups is 2. The van der Waals surface area contributed by atoms with Gasteiger partial charge in [-0.1, -0.05) is 54.6 Å². The van der Waals surface area contributed by atoms with Gasteiger partial charge in [0.2, 0.25) is 15.9 Å². The Hall–Kier alpha value is -3.69. The molecule has 1 N–H and O–H groups in total. The molecule has 3 aromatic rings. The lowest BCUT2D eigenvalue weighted by molar-refractivity contribution is -0.129. The topological polar surface area (TPSA) is 96.0 Å². The number of rotatable bonds is 6. The quantitative estimate of drug-likeness (QED) is 0.506. The minimum Gasteiger partial charge on any atom is -0.477 e. The molecule has 2 heterocycles. The van der Waals surface area contributed by atoms with Crippen LogP contribution in [0.5, 0.6) is 5.75 Å². The van der Waals surface area contributed by atoms with Gasteiger partial charge in [0.05, 0.1) is 17.1 Å². The van der Waals surface area contributed by atoms with Crippen LogP contribution in [0.2, 0.25) is 0 Å². The van der Waals surface area contributed by atoms with Crippen molar-refractivity contribution < 1.29 is 22.7 Å². The summed E-state index contributed by atoms with van der Waals surface area (Å²) in [4.78, 5) is 28.7. The van der Waals surface area contributed by atoms with Crippen LogP contribution in [-0.2, 0) is 26.2 Å². The van der Waals surface area contributed by atoms with Gasteiger partial charge >= 0.3 is 0 Å². The molecule has 3 aromatic carbocycles. The first-order valence-corrected chi connectivity index (χ1v) is 14.6. The first-order chi connectivity index (χ1) is 18.7. The number of ether oxygens (including phenoxy) is 1. The SMILES string of the molecule is Cc1ccc(C)c(S(=O)(=O)N2CCC(C(=O)N3C[C@@H](C(=O)NCc4ccccc4)Oc4ccccc43)CC2)c1. The fourth-order valence-electron chi connectivity index (χ4n) is 5.17. The molecule has 0 radical (unpaired) electrons. The molecule has 0 saturated carbocycles. The Kier molecular flexibility index (Phi) is 7.72. The van der Waals surface area contributed by atoms with Crippen molar-refractivity contribution in [3.63, 3.8) is 0 Å². The number of sulfonamides is 1. The molecule has 1 saturated heterocycles. The third kappa shape index (κ3) is 5.69. The van der Waals surface area contributed by atoms with E-state index in [1.807, 2.05) is 67.6 Å². The highest BCUT2D eigenvalue weighted by Crippen LogP contribution is 2.36. The minimum atomic E-state index is -3.65. The van der Waals surface area contributed by atoms with Crippen LogP contribution < -0.4 is 15.0 Å². The third-order valence-electron chi connectivity index (χ3n) is 7.41. The summed E-state index contributed by atoms with van der Waals surface area (Å²) in [5, 5.41) is 2.91. The van der Waals surface area contributed by atoms with E-state index in [9.17, 15) is 18.0 Å². The van der Waals surface area contributed by atoms with Gasteiger partial charge in [-0.15, -0.1) is 0 Å². The number of anilines is 1. The van der Waals surface area contributed by atoms with Gasteiger partial charge in [-0.25, -0.2) is 8.42 Å². The van der Waals surface area contributed by atoms with Gasteiger partial charge in [-0.2, -0.15) is 4.31 Å². The predicted molar refractivity (Wildman–Crippen MR) is 149 cm³/mol. The van der Waals surface area contributed by atoms with Gasteiger partial charge in [0.1, 0.15) is 5.75 Å². The second-order valence-corrected chi connectivity index (χ2v) is 12.1. The van der Waals surface area contributed by atoms with Gasteiger partial charge in [-0.05, 0) is 61.6 Å². The van der Waals surface area contributed by atoms with E-state index < -0.39 is 16.1 Å². The summed E-state index contributed by atoms with van der Waals surface area (Å²) in [6.45, 7) is 4.65. The molecule has 2 aliphatic heterocycles. The molecular weight excluding hydrogens is 514 g/mol. The van der Waals surface area contributed by atoms with E-state index in [0.29, 0.717) is 41.3 Å². The number of fused-ring (bicyclic) bond motifs is 1. The number of piperidine rings is 1. The average Bonchev–Trinajstić information content (AvgIpc) is 2.96. The van der Waals surface area contributed by atoms with Gasteiger partial charge < -0.3 is 15.0 Å². The van der Waals surface area contributed by atoms with E-state index in [1.54, 1.807) is 24.0 Å². The van der Waals surface area contributed by atoms with Gasteiger partial charge in [-0.3, -0.25) is 9.59 Å². The molecule has 1 atom stereocenters. The molecule has 0 unspecified atom stereocenters. The standard InChI is InChI=1S/C30H33N3O5S/c1-21-12-13-22(2)28(18-21)39(36,37)32-16-14-24(15-17-32)30(35)33-20-27(38-26-11-7-6-10-25(26)33)29(34)31-19-23-8-4-3-5-9-23/h3-13,18,24,27H,14-17,19-20H2,1-2H3,(H,31,34)/t27-/m0/s1. The molecule has 8 nitrogen and oxygen atoms in total. The van der Waals surface area contributed by atoms with Crippen molar-refractivity contribution in [1.82, 2.24) is 9.62 Å². The fourth-order valence-corrected chi connectivity index (χ4v) is 6.95. The third-order valence-corrected chi connectivity index (χ3v) is 9.45. The zero-order valence-electron chi connectivity index (χ0n) is 22.2. The zero-order valence-corrected chi connectivity index (χ0v) is 23.0. The number of nitrogens with zero attached hydrogens (tertiary/aromatic N) is 2. The van der Waals surface area contributed by atoms with Gasteiger partial charge in [0.25, 0.3) is 5.91 Å². The fraction of sp³-hybridized carbons (Fsp3) is 0.333. The maximum atomic E-state index is 13.8. The highest BCUT2D eigenvalue weighted by molar-refractivity contribution is 7.89. The Bertz CT molecular complexity index is 1470. The number of nitrogens with one attached hydrogen (secondary N) is 1. The molecule has 5 rings (SSSR count). The Morgan fingerprint density at radius 1 is 0.949 bits per heavy atom. The summed E-state index contributed by atoms with van der Waals surface area (Å²) in [6, 6.07) is 22.2. The Morgan fingerprint density at radius 3 is 2.38 bits per heavy atom. The van der Waals surface area contributed by atoms with Crippen molar-refractivity contribution in [2.24, 2.45) is 5.92 Å². The van der Waals surface area contributed by atoms with E-state index in [4.69, 9.17) is 4.74 Å². The van der Waals surface area contributed by atoms with Gasteiger partial charge in [0.15, 0.2) is 6.10 Å². The van der Waals surface area contributed by atoms with Crippen LogP contribution in [0, 0.1) is 19.8 Å². The molecule has 2 amide bonds. The molecule has 204 valence electrons. The first kappa shape index (κ1) is 26.9. The van der Waals surface area contributed by atoms with Crippen LogP contribution >= 0.6 is 0 Å². The number of carbonyl (C=O) groups excluding carboxylic acids is 2. The minimum absolute atomic E-state index is 0.0947. The summed E-state index contributed by atoms with van der Waals surface area (Å²) < 4.78 is 34.2. The van der Waals surface area contributed by atoms with Crippen molar-refractivity contribution >= 4 is 27.5 Å². The summed E-state index contributed by atoms with van der Waals surface area (Å²) in [6.07, 6.45) is -0.0296. The van der Waals surface area contributed by atoms with Crippen LogP contribution in [0.1, 0.15) is 29.5 Å². The molecule has 9 heteroatoms. The molecule has 39 heavy (non-hydrogen) atoms. The summed E-state index contributed by atoms with van der Waals surface area (Å²) >= 11 is 0. The normalized spacial score (nSPS) is 18.2. The number of amides is 2. The lowest BCUT2D eigenvalue weighted by Gasteiger charge is -2.38. The van der Waals surface area contributed by atoms with E-state index in [-0.39, 0.29) is 37.4 Å². The number of hydrogen-bond acceptors (Lipinski definition) is 5. The Balaban J connectivity index is 1.27. The number of aryl methyl sites for hydroxylation is 2. The Morgan fingerprint density at radius 2 is 1.64 bits per heavy atom. The average molecular weight is 548 g/mol. The maximum absolute atomic E-state index is 13.8. The highest BCUT2D eigenvalue weighted by atomic mass is 32.2. The molecule has 2 aliphatic rings. The molecular formula is C30H33N3O5S. The molecule has 0 aromatic heterocycles. The van der Waals surface area contributed by atoms with Crippen LogP contribution in [0.15, 0.2) is 77.7 Å². The van der Waals surface area contributed by atoms with Crippen molar-refractivity contribution in [1.29, 1.82) is 0 Å². The van der Waals surface area contributed by atoms with E-state index in [2.05, 4.69) is 5.32 Å². The van der Waals surface area contributed by atoms with E-state index in [0.717, 1.165) is 11.1 Å². The summed E-state index contributed by atoms with van der Waals surface area (Å²) in [5.41, 5.74) is 3.19.